The number of carbonyl (C=O) groups excluding carboxylic acids is 1. The van der Waals surface area contributed by atoms with Crippen LogP contribution in [0.1, 0.15) is 0 Å². The molecule has 3 N–H and O–H groups in total. The van der Waals surface area contributed by atoms with E-state index >= 15 is 0 Å². The van der Waals surface area contributed by atoms with Gasteiger partial charge in [-0.3, -0.25) is 14.2 Å². The first kappa shape index (κ1) is 20.0. The van der Waals surface area contributed by atoms with Crippen LogP contribution in [0.25, 0.3) is 11.2 Å². The van der Waals surface area contributed by atoms with Crippen molar-refractivity contribution in [2.24, 2.45) is 14.1 Å². The molecule has 0 saturated carbocycles. The molecule has 144 valence electrons. The maximum atomic E-state index is 12.6. The maximum Gasteiger partial charge on any atom is 0.332 e. The zero-order valence-corrected chi connectivity index (χ0v) is 15.7. The number of nitrogens with one attached hydrogen (secondary N) is 1. The van der Waals surface area contributed by atoms with Crippen molar-refractivity contribution < 1.29 is 9.53 Å². The quantitative estimate of drug-likeness (QED) is 0.604. The molecule has 2 heterocycles. The summed E-state index contributed by atoms with van der Waals surface area (Å²) in [7, 11) is 4.62. The highest BCUT2D eigenvalue weighted by molar-refractivity contribution is 5.94. The molecule has 0 bridgehead atoms. The number of halogens is 1. The van der Waals surface area contributed by atoms with E-state index in [1.165, 1.54) is 29.6 Å². The molecule has 0 aliphatic carbocycles. The molecule has 3 aromatic rings. The number of carbonyl (C=O) groups is 1. The van der Waals surface area contributed by atoms with Crippen LogP contribution in [0.4, 0.5) is 11.4 Å². The molecule has 1 aromatic carbocycles. The largest absolute Gasteiger partial charge is 0.497 e. The molecule has 0 atom stereocenters. The number of imidazole rings is 1. The number of methoxy groups -OCH3 is 1. The highest BCUT2D eigenvalue weighted by atomic mass is 35.5. The average Bonchev–Trinajstić information content (AvgIpc) is 3.00. The number of nitrogens with two attached hydrogens (primary N) is 1. The van der Waals surface area contributed by atoms with Crippen molar-refractivity contribution in [3.8, 4) is 5.75 Å². The van der Waals surface area contributed by atoms with E-state index in [2.05, 4.69) is 10.3 Å². The van der Waals surface area contributed by atoms with E-state index in [0.717, 1.165) is 4.57 Å². The predicted octanol–water partition coefficient (Wildman–Crippen LogP) is 0.0850. The van der Waals surface area contributed by atoms with Gasteiger partial charge in [0.2, 0.25) is 5.91 Å². The van der Waals surface area contributed by atoms with Crippen LogP contribution in [0.3, 0.4) is 0 Å². The Hall–Kier alpha value is -3.27. The second kappa shape index (κ2) is 7.54. The number of nitrogen functional groups attached to an aromatic ring is 1. The van der Waals surface area contributed by atoms with Crippen molar-refractivity contribution >= 4 is 40.9 Å². The molecule has 10 nitrogen and oxygen atoms in total. The van der Waals surface area contributed by atoms with Gasteiger partial charge in [-0.2, -0.15) is 0 Å². The summed E-state index contributed by atoms with van der Waals surface area (Å²) in [4.78, 5) is 41.4. The highest BCUT2D eigenvalue weighted by Gasteiger charge is 2.17. The molecule has 1 amide bonds. The fourth-order valence-corrected chi connectivity index (χ4v) is 2.64. The van der Waals surface area contributed by atoms with Crippen molar-refractivity contribution in [3.05, 3.63) is 45.4 Å². The van der Waals surface area contributed by atoms with Gasteiger partial charge in [0.1, 0.15) is 12.3 Å². The molecule has 0 radical (unpaired) electrons. The van der Waals surface area contributed by atoms with Gasteiger partial charge in [-0.25, -0.2) is 14.3 Å². The first-order valence-electron chi connectivity index (χ1n) is 7.67. The third-order valence-electron chi connectivity index (χ3n) is 4.04. The van der Waals surface area contributed by atoms with Crippen LogP contribution < -0.4 is 27.0 Å². The second-order valence-corrected chi connectivity index (χ2v) is 5.76. The first-order valence-corrected chi connectivity index (χ1v) is 7.67. The lowest BCUT2D eigenvalue weighted by molar-refractivity contribution is -0.116. The number of amides is 1. The van der Waals surface area contributed by atoms with E-state index in [0.29, 0.717) is 17.1 Å². The van der Waals surface area contributed by atoms with Crippen molar-refractivity contribution in [2.45, 2.75) is 6.54 Å². The maximum absolute atomic E-state index is 12.6. The van der Waals surface area contributed by atoms with E-state index in [1.807, 2.05) is 0 Å². The van der Waals surface area contributed by atoms with E-state index < -0.39 is 23.7 Å². The molecule has 0 saturated heterocycles. The number of aromatic nitrogens is 4. The van der Waals surface area contributed by atoms with Crippen LogP contribution in [0.2, 0.25) is 0 Å². The summed E-state index contributed by atoms with van der Waals surface area (Å²) in [5.41, 5.74) is 5.78. The number of anilines is 2. The van der Waals surface area contributed by atoms with Crippen LogP contribution in [-0.2, 0) is 25.4 Å². The van der Waals surface area contributed by atoms with Crippen molar-refractivity contribution in [2.75, 3.05) is 18.2 Å². The van der Waals surface area contributed by atoms with E-state index in [4.69, 9.17) is 10.5 Å². The van der Waals surface area contributed by atoms with Gasteiger partial charge in [-0.15, -0.1) is 12.4 Å². The minimum absolute atomic E-state index is 0. The number of aryl methyl sites for hydroxylation is 2. The molecule has 0 fully saturated rings. The van der Waals surface area contributed by atoms with Crippen molar-refractivity contribution in [1.29, 1.82) is 0 Å². The van der Waals surface area contributed by atoms with Gasteiger partial charge < -0.3 is 20.4 Å². The van der Waals surface area contributed by atoms with Crippen LogP contribution in [-0.4, -0.2) is 31.7 Å². The Morgan fingerprint density at radius 3 is 2.67 bits per heavy atom. The zero-order valence-electron chi connectivity index (χ0n) is 14.9. The zero-order chi connectivity index (χ0) is 19.0. The predicted molar refractivity (Wildman–Crippen MR) is 103 cm³/mol. The smallest absolute Gasteiger partial charge is 0.332 e. The number of nitrogens with zero attached hydrogens (tertiary/aromatic N) is 4. The van der Waals surface area contributed by atoms with Crippen molar-refractivity contribution in [3.63, 3.8) is 0 Å². The van der Waals surface area contributed by atoms with Crippen LogP contribution in [0, 0.1) is 0 Å². The summed E-state index contributed by atoms with van der Waals surface area (Å²) in [5.74, 6) is -0.0513. The fourth-order valence-electron chi connectivity index (χ4n) is 2.64. The Morgan fingerprint density at radius 2 is 2.00 bits per heavy atom. The van der Waals surface area contributed by atoms with Crippen molar-refractivity contribution in [1.82, 2.24) is 18.7 Å². The fraction of sp³-hybridized carbons (Fsp3) is 0.250. The van der Waals surface area contributed by atoms with Gasteiger partial charge in [0, 0.05) is 20.2 Å². The lowest BCUT2D eigenvalue weighted by Gasteiger charge is -2.11. The minimum Gasteiger partial charge on any atom is -0.497 e. The standard InChI is InChI=1S/C16H18N6O4.ClH/c1-20-8-18-14-13(20)15(24)22(16(25)21(14)2)7-12(23)19-11-6-9(26-3)4-5-10(11)17;/h4-6,8H,7,17H2,1-3H3,(H,19,23);1H. The summed E-state index contributed by atoms with van der Waals surface area (Å²) in [5, 5.41) is 2.59. The van der Waals surface area contributed by atoms with Gasteiger partial charge in [-0.1, -0.05) is 0 Å². The average molecular weight is 395 g/mol. The number of fused-ring (bicyclic) bond motifs is 1. The molecule has 3 rings (SSSR count). The highest BCUT2D eigenvalue weighted by Crippen LogP contribution is 2.24. The summed E-state index contributed by atoms with van der Waals surface area (Å²) in [6.45, 7) is -0.455. The van der Waals surface area contributed by atoms with Gasteiger partial charge in [0.25, 0.3) is 5.56 Å². The van der Waals surface area contributed by atoms with E-state index in [9.17, 15) is 14.4 Å². The molecule has 27 heavy (non-hydrogen) atoms. The monoisotopic (exact) mass is 394 g/mol. The number of benzene rings is 1. The van der Waals surface area contributed by atoms with Crippen LogP contribution >= 0.6 is 12.4 Å². The normalized spacial score (nSPS) is 10.5. The number of rotatable bonds is 4. The second-order valence-electron chi connectivity index (χ2n) is 5.76. The molecule has 2 aromatic heterocycles. The van der Waals surface area contributed by atoms with E-state index in [-0.39, 0.29) is 23.6 Å². The van der Waals surface area contributed by atoms with Crippen LogP contribution in [0.5, 0.6) is 5.75 Å². The summed E-state index contributed by atoms with van der Waals surface area (Å²) < 4.78 is 8.68. The van der Waals surface area contributed by atoms with Gasteiger partial charge >= 0.3 is 5.69 Å². The molecular formula is C16H19ClN6O4. The van der Waals surface area contributed by atoms with Crippen LogP contribution in [0.15, 0.2) is 34.1 Å². The Morgan fingerprint density at radius 1 is 1.30 bits per heavy atom. The van der Waals surface area contributed by atoms with E-state index in [1.54, 1.807) is 25.2 Å². The third-order valence-corrected chi connectivity index (χ3v) is 4.04. The SMILES string of the molecule is COc1ccc(N)c(NC(=O)Cn2c(=O)c3c(ncn3C)n(C)c2=O)c1.Cl. The molecule has 11 heteroatoms. The Labute approximate surface area is 159 Å². The minimum atomic E-state index is -0.630. The topological polar surface area (TPSA) is 126 Å². The Bertz CT molecular complexity index is 1130. The molecule has 0 aliphatic rings. The number of ether oxygens (including phenoxy) is 1. The molecule has 0 aliphatic heterocycles. The van der Waals surface area contributed by atoms with Gasteiger partial charge in [0.05, 0.1) is 24.8 Å². The first-order chi connectivity index (χ1) is 12.3. The third kappa shape index (κ3) is 3.51. The number of hydrogen-bond acceptors (Lipinski definition) is 6. The molecule has 0 unspecified atom stereocenters. The lowest BCUT2D eigenvalue weighted by atomic mass is 10.2. The van der Waals surface area contributed by atoms with Gasteiger partial charge in [0.15, 0.2) is 11.2 Å². The summed E-state index contributed by atoms with van der Waals surface area (Å²) in [6.07, 6.45) is 1.44. The molecular weight excluding hydrogens is 376 g/mol. The number of hydrogen-bond donors (Lipinski definition) is 2. The van der Waals surface area contributed by atoms with Gasteiger partial charge in [-0.05, 0) is 12.1 Å². The summed E-state index contributed by atoms with van der Waals surface area (Å²) >= 11 is 0. The lowest BCUT2D eigenvalue weighted by Crippen LogP contribution is -2.42. The Balaban J connectivity index is 0.00000261. The Kier molecular flexibility index (Phi) is 5.60. The summed E-state index contributed by atoms with van der Waals surface area (Å²) in [6, 6.07) is 4.79. The molecule has 0 spiro atoms.